The van der Waals surface area contributed by atoms with E-state index < -0.39 is 11.9 Å². The number of ether oxygens (including phenoxy) is 2. The molecule has 2 aliphatic heterocycles. The third kappa shape index (κ3) is 4.77. The van der Waals surface area contributed by atoms with E-state index in [0.29, 0.717) is 42.6 Å². The number of hydrogen-bond donors (Lipinski definition) is 4. The second kappa shape index (κ2) is 10.1. The molecule has 5 rings (SSSR count). The van der Waals surface area contributed by atoms with E-state index in [4.69, 9.17) is 9.47 Å². The Kier molecular flexibility index (Phi) is 6.75. The Morgan fingerprint density at radius 2 is 2.26 bits per heavy atom. The molecular weight excluding hydrogens is 441 g/mol. The maximum absolute atomic E-state index is 15.1. The van der Waals surface area contributed by atoms with Crippen molar-refractivity contribution in [3.8, 4) is 0 Å². The number of aromatic nitrogens is 2. The lowest BCUT2D eigenvalue weighted by atomic mass is 9.80. The van der Waals surface area contributed by atoms with Gasteiger partial charge < -0.3 is 19.7 Å². The number of hydrogen-bond acceptors (Lipinski definition) is 9. The van der Waals surface area contributed by atoms with Crippen LogP contribution in [0.1, 0.15) is 31.2 Å². The number of amides is 1. The van der Waals surface area contributed by atoms with Crippen LogP contribution in [0.2, 0.25) is 0 Å². The number of nitrogens with one attached hydrogen (secondary N) is 4. The smallest absolute Gasteiger partial charge is 0.411 e. The Morgan fingerprint density at radius 3 is 3.15 bits per heavy atom. The molecule has 182 valence electrons. The highest BCUT2D eigenvalue weighted by atomic mass is 19.1. The van der Waals surface area contributed by atoms with Crippen LogP contribution >= 0.6 is 0 Å². The first kappa shape index (κ1) is 22.8. The number of anilines is 4. The highest BCUT2D eigenvalue weighted by Crippen LogP contribution is 2.34. The van der Waals surface area contributed by atoms with Gasteiger partial charge in [-0.1, -0.05) is 0 Å². The molecule has 11 heteroatoms. The summed E-state index contributed by atoms with van der Waals surface area (Å²) in [5.74, 6) is 0.548. The first-order valence-electron chi connectivity index (χ1n) is 11.7. The van der Waals surface area contributed by atoms with Gasteiger partial charge in [0.2, 0.25) is 5.95 Å². The number of halogens is 1. The number of carbonyl (C=O) groups is 1. The van der Waals surface area contributed by atoms with E-state index in [2.05, 4.69) is 36.4 Å². The SMILES string of the molecule is COCCCN(c1nc(Nc2ccc3c(c2)COC(=O)N3)ncc1F)C1CCCC2NNCC21. The second-order valence-corrected chi connectivity index (χ2v) is 8.90. The summed E-state index contributed by atoms with van der Waals surface area (Å²) in [5.41, 5.74) is 8.92. The second-order valence-electron chi connectivity index (χ2n) is 8.90. The number of rotatable bonds is 8. The number of methoxy groups -OCH3 is 1. The fourth-order valence-electron chi connectivity index (χ4n) is 5.15. The van der Waals surface area contributed by atoms with Gasteiger partial charge in [-0.05, 0) is 43.9 Å². The normalized spacial score (nSPS) is 23.5. The van der Waals surface area contributed by atoms with Crippen molar-refractivity contribution in [3.05, 3.63) is 35.8 Å². The van der Waals surface area contributed by atoms with Gasteiger partial charge in [0.25, 0.3) is 0 Å². The first-order chi connectivity index (χ1) is 16.6. The predicted octanol–water partition coefficient (Wildman–Crippen LogP) is 2.91. The quantitative estimate of drug-likeness (QED) is 0.432. The molecule has 0 spiro atoms. The average molecular weight is 472 g/mol. The summed E-state index contributed by atoms with van der Waals surface area (Å²) in [4.78, 5) is 22.3. The average Bonchev–Trinajstić information content (AvgIpc) is 3.33. The minimum absolute atomic E-state index is 0.167. The van der Waals surface area contributed by atoms with Crippen molar-refractivity contribution in [1.29, 1.82) is 0 Å². The van der Waals surface area contributed by atoms with Crippen molar-refractivity contribution in [3.63, 3.8) is 0 Å². The van der Waals surface area contributed by atoms with Crippen LogP contribution in [0.15, 0.2) is 24.4 Å². The highest BCUT2D eigenvalue weighted by molar-refractivity contribution is 5.88. The van der Waals surface area contributed by atoms with Crippen molar-refractivity contribution in [2.45, 2.75) is 44.4 Å². The number of fused-ring (bicyclic) bond motifs is 2. The van der Waals surface area contributed by atoms with Crippen LogP contribution in [0.5, 0.6) is 0 Å². The van der Waals surface area contributed by atoms with E-state index in [-0.39, 0.29) is 12.6 Å². The highest BCUT2D eigenvalue weighted by Gasteiger charge is 2.40. The monoisotopic (exact) mass is 471 g/mol. The molecule has 1 aromatic carbocycles. The van der Waals surface area contributed by atoms with Gasteiger partial charge >= 0.3 is 6.09 Å². The molecule has 3 aliphatic rings. The maximum Gasteiger partial charge on any atom is 0.411 e. The molecule has 1 saturated carbocycles. The molecule has 2 fully saturated rings. The molecule has 4 N–H and O–H groups in total. The van der Waals surface area contributed by atoms with E-state index >= 15 is 4.39 Å². The van der Waals surface area contributed by atoms with Gasteiger partial charge in [-0.25, -0.2) is 14.2 Å². The van der Waals surface area contributed by atoms with Gasteiger partial charge in [-0.15, -0.1) is 0 Å². The maximum atomic E-state index is 15.1. The first-order valence-corrected chi connectivity index (χ1v) is 11.7. The molecule has 1 aromatic heterocycles. The Balaban J connectivity index is 1.40. The number of hydrazine groups is 1. The summed E-state index contributed by atoms with van der Waals surface area (Å²) in [6.45, 7) is 2.28. The molecule has 3 unspecified atom stereocenters. The minimum Gasteiger partial charge on any atom is -0.444 e. The zero-order valence-electron chi connectivity index (χ0n) is 19.1. The Labute approximate surface area is 197 Å². The van der Waals surface area contributed by atoms with Crippen LogP contribution in [0.3, 0.4) is 0 Å². The minimum atomic E-state index is -0.467. The summed E-state index contributed by atoms with van der Waals surface area (Å²) in [7, 11) is 1.67. The van der Waals surface area contributed by atoms with Gasteiger partial charge in [-0.2, -0.15) is 4.98 Å². The van der Waals surface area contributed by atoms with E-state index in [1.165, 1.54) is 6.20 Å². The van der Waals surface area contributed by atoms with Gasteiger partial charge in [0, 0.05) is 56.1 Å². The molecule has 3 atom stereocenters. The molecule has 1 saturated heterocycles. The van der Waals surface area contributed by atoms with Crippen molar-refractivity contribution >= 4 is 29.2 Å². The van der Waals surface area contributed by atoms with Crippen LogP contribution in [0, 0.1) is 11.7 Å². The number of nitrogens with zero attached hydrogens (tertiary/aromatic N) is 3. The van der Waals surface area contributed by atoms with Crippen molar-refractivity contribution in [1.82, 2.24) is 20.8 Å². The van der Waals surface area contributed by atoms with Crippen LogP contribution in [-0.4, -0.2) is 55.0 Å². The number of cyclic esters (lactones) is 1. The van der Waals surface area contributed by atoms with Crippen LogP contribution in [0.25, 0.3) is 0 Å². The molecule has 1 aliphatic carbocycles. The summed E-state index contributed by atoms with van der Waals surface area (Å²) >= 11 is 0. The number of benzene rings is 1. The van der Waals surface area contributed by atoms with Crippen LogP contribution < -0.4 is 26.4 Å². The largest absolute Gasteiger partial charge is 0.444 e. The van der Waals surface area contributed by atoms with Crippen molar-refractivity contribution < 1.29 is 18.7 Å². The van der Waals surface area contributed by atoms with E-state index in [0.717, 1.165) is 43.5 Å². The standard InChI is InChI=1S/C23H30FN7O3/c1-33-9-3-8-31(20-5-2-4-19-16(20)11-26-30-19)21-17(24)12-25-22(29-21)27-15-6-7-18-14(10-15)13-34-23(32)28-18/h6-7,10,12,16,19-20,26,30H,2-5,8-9,11,13H2,1H3,(H,28,32)(H,25,27,29). The van der Waals surface area contributed by atoms with Gasteiger partial charge in [-0.3, -0.25) is 16.2 Å². The third-order valence-corrected chi connectivity index (χ3v) is 6.75. The fourth-order valence-corrected chi connectivity index (χ4v) is 5.15. The van der Waals surface area contributed by atoms with E-state index in [1.807, 2.05) is 12.1 Å². The lowest BCUT2D eigenvalue weighted by Crippen LogP contribution is -2.50. The molecule has 34 heavy (non-hydrogen) atoms. The zero-order chi connectivity index (χ0) is 23.5. The number of carbonyl (C=O) groups excluding carboxylic acids is 1. The third-order valence-electron chi connectivity index (χ3n) is 6.75. The van der Waals surface area contributed by atoms with Gasteiger partial charge in [0.1, 0.15) is 6.61 Å². The van der Waals surface area contributed by atoms with Crippen LogP contribution in [-0.2, 0) is 16.1 Å². The molecule has 10 nitrogen and oxygen atoms in total. The van der Waals surface area contributed by atoms with E-state index in [9.17, 15) is 4.79 Å². The van der Waals surface area contributed by atoms with Crippen LogP contribution in [0.4, 0.5) is 32.3 Å². The molecule has 0 radical (unpaired) electrons. The molecule has 3 heterocycles. The zero-order valence-corrected chi connectivity index (χ0v) is 19.1. The lowest BCUT2D eigenvalue weighted by Gasteiger charge is -2.41. The Morgan fingerprint density at radius 1 is 1.35 bits per heavy atom. The Bertz CT molecular complexity index is 1040. The fraction of sp³-hybridized carbons (Fsp3) is 0.522. The summed E-state index contributed by atoms with van der Waals surface area (Å²) in [5, 5.41) is 5.84. The predicted molar refractivity (Wildman–Crippen MR) is 125 cm³/mol. The van der Waals surface area contributed by atoms with Gasteiger partial charge in [0.05, 0.1) is 11.9 Å². The summed E-state index contributed by atoms with van der Waals surface area (Å²) in [6.07, 6.45) is 4.70. The van der Waals surface area contributed by atoms with Crippen molar-refractivity contribution in [2.24, 2.45) is 5.92 Å². The summed E-state index contributed by atoms with van der Waals surface area (Å²) in [6, 6.07) is 6.01. The topological polar surface area (TPSA) is 113 Å². The Hall–Kier alpha value is -3.02. The summed E-state index contributed by atoms with van der Waals surface area (Å²) < 4.78 is 25.4. The lowest BCUT2D eigenvalue weighted by molar-refractivity contribution is 0.151. The van der Waals surface area contributed by atoms with Crippen molar-refractivity contribution in [2.75, 3.05) is 42.3 Å². The molecular formula is C23H30FN7O3. The van der Waals surface area contributed by atoms with E-state index in [1.54, 1.807) is 13.2 Å². The molecule has 0 bridgehead atoms. The van der Waals surface area contributed by atoms with Gasteiger partial charge in [0.15, 0.2) is 11.6 Å². The molecule has 1 amide bonds. The molecule has 2 aromatic rings.